The Morgan fingerprint density at radius 1 is 0.170 bits per heavy atom. The van der Waals surface area contributed by atoms with Gasteiger partial charge in [0.15, 0.2) is 0 Å². The van der Waals surface area contributed by atoms with Gasteiger partial charge in [-0.2, -0.15) is 0 Å². The van der Waals surface area contributed by atoms with Crippen LogP contribution in [0, 0.1) is 0 Å². The minimum absolute atomic E-state index is 1.12. The minimum atomic E-state index is 1.12. The average molecular weight is 1110 g/mol. The molecule has 0 saturated carbocycles. The van der Waals surface area contributed by atoms with E-state index >= 15 is 0 Å². The van der Waals surface area contributed by atoms with Crippen molar-refractivity contribution in [1.29, 1.82) is 0 Å². The molecule has 4 heterocycles. The maximum atomic E-state index is 2.51. The SMILES string of the molecule is c1cc(-n2c3ccccc3c3ccc(-c4ccc5c(ccc6c5c5ccccc5n6-c5cccc(-n6c7ccccc7c7cc8c9c(cccc9c76)-c6ccccc6-8)c5)c4)cc32)cc(-n2c3ccccc3c3cc4c5c(cccc5c32)-c2ccccc2-4)c1. The van der Waals surface area contributed by atoms with E-state index in [1.54, 1.807) is 0 Å². The monoisotopic (exact) mass is 1110 g/mol. The third-order valence-corrected chi connectivity index (χ3v) is 20.0. The van der Waals surface area contributed by atoms with E-state index in [0.29, 0.717) is 0 Å². The molecule has 21 rings (SSSR count). The van der Waals surface area contributed by atoms with Crippen molar-refractivity contribution in [2.45, 2.75) is 0 Å². The maximum absolute atomic E-state index is 2.51. The fourth-order valence-electron chi connectivity index (χ4n) is 16.4. The first-order valence-corrected chi connectivity index (χ1v) is 30.6. The number of para-hydroxylation sites is 4. The highest BCUT2D eigenvalue weighted by Crippen LogP contribution is 2.53. The van der Waals surface area contributed by atoms with E-state index in [9.17, 15) is 0 Å². The molecule has 0 fully saturated rings. The maximum Gasteiger partial charge on any atom is 0.0620 e. The predicted molar refractivity (Wildman–Crippen MR) is 371 cm³/mol. The van der Waals surface area contributed by atoms with Gasteiger partial charge in [0.05, 0.1) is 44.1 Å². The Morgan fingerprint density at radius 2 is 0.545 bits per heavy atom. The molecule has 0 N–H and O–H groups in total. The topological polar surface area (TPSA) is 19.7 Å². The summed E-state index contributed by atoms with van der Waals surface area (Å²) in [6.07, 6.45) is 0. The Morgan fingerprint density at radius 3 is 1.09 bits per heavy atom. The van der Waals surface area contributed by atoms with Gasteiger partial charge in [0.1, 0.15) is 0 Å². The van der Waals surface area contributed by atoms with Crippen molar-refractivity contribution in [3.8, 4) is 78.4 Å². The fourth-order valence-corrected chi connectivity index (χ4v) is 16.4. The summed E-state index contributed by atoms with van der Waals surface area (Å²) in [7, 11) is 0. The lowest BCUT2D eigenvalue weighted by molar-refractivity contribution is 1.14. The highest BCUT2D eigenvalue weighted by atomic mass is 15.0. The number of benzene rings is 15. The van der Waals surface area contributed by atoms with Crippen LogP contribution in [0.15, 0.2) is 291 Å². The Balaban J connectivity index is 0.704. The Labute approximate surface area is 504 Å². The lowest BCUT2D eigenvalue weighted by Crippen LogP contribution is -1.99. The molecule has 2 aliphatic rings. The average Bonchev–Trinajstić information content (AvgIpc) is 1.62. The number of rotatable bonds is 5. The third-order valence-electron chi connectivity index (χ3n) is 20.0. The molecule has 15 aromatic carbocycles. The van der Waals surface area contributed by atoms with Gasteiger partial charge in [0, 0.05) is 76.6 Å². The molecule has 0 radical (unpaired) electrons. The zero-order valence-corrected chi connectivity index (χ0v) is 47.5. The predicted octanol–water partition coefficient (Wildman–Crippen LogP) is 22.5. The van der Waals surface area contributed by atoms with Gasteiger partial charge in [0.25, 0.3) is 0 Å². The molecule has 0 amide bonds. The van der Waals surface area contributed by atoms with Crippen LogP contribution in [-0.2, 0) is 0 Å². The van der Waals surface area contributed by atoms with E-state index in [1.807, 2.05) is 0 Å². The van der Waals surface area contributed by atoms with Gasteiger partial charge in [-0.3, -0.25) is 0 Å². The van der Waals surface area contributed by atoms with Crippen LogP contribution in [-0.4, -0.2) is 18.3 Å². The van der Waals surface area contributed by atoms with E-state index < -0.39 is 0 Å². The standard InChI is InChI=1S/C84H48N4/c1-3-23-59-57(21-1)65-29-15-31-68-80(65)70(59)47-72-62-26-6-10-34-75(62)87(83(68)72)54-19-13-17-52(45-54)85-77-36-12-8-28-67(77)82-56-40-37-49(43-51(56)39-42-78(82)85)50-38-41-64-61-25-5-9-33-74(61)86(79(64)44-50)53-18-14-20-55(46-53)88-76-35-11-7-27-63(76)73-48-71-60-24-4-2-22-58(60)66-30-16-32-69(81(66)71)84(73)88/h1-48H. The molecule has 4 heteroatoms. The smallest absolute Gasteiger partial charge is 0.0620 e. The molecule has 0 spiro atoms. The summed E-state index contributed by atoms with van der Waals surface area (Å²) in [6, 6.07) is 109. The number of fused-ring (bicyclic) bond motifs is 22. The quantitative estimate of drug-likeness (QED) is 0.164. The van der Waals surface area contributed by atoms with Gasteiger partial charge < -0.3 is 18.3 Å². The number of hydrogen-bond acceptors (Lipinski definition) is 0. The Hall–Kier alpha value is -11.7. The van der Waals surface area contributed by atoms with Crippen molar-refractivity contribution in [1.82, 2.24) is 18.3 Å². The van der Waals surface area contributed by atoms with E-state index in [0.717, 1.165) is 22.7 Å². The summed E-state index contributed by atoms with van der Waals surface area (Å²) in [4.78, 5) is 0. The molecule has 0 unspecified atom stereocenters. The minimum Gasteiger partial charge on any atom is -0.309 e. The first kappa shape index (κ1) is 46.6. The first-order chi connectivity index (χ1) is 43.7. The van der Waals surface area contributed by atoms with Gasteiger partial charge in [0.2, 0.25) is 0 Å². The molecule has 0 atom stereocenters. The second-order valence-electron chi connectivity index (χ2n) is 24.3. The van der Waals surface area contributed by atoms with Gasteiger partial charge in [-0.15, -0.1) is 0 Å². The van der Waals surface area contributed by atoms with Gasteiger partial charge in [-0.1, -0.05) is 200 Å². The molecule has 2 aliphatic carbocycles. The van der Waals surface area contributed by atoms with Crippen molar-refractivity contribution in [3.63, 3.8) is 0 Å². The fraction of sp³-hybridized carbons (Fsp3) is 0. The number of nitrogens with zero attached hydrogens (tertiary/aromatic N) is 4. The van der Waals surface area contributed by atoms with Crippen LogP contribution in [0.4, 0.5) is 0 Å². The second kappa shape index (κ2) is 17.0. The van der Waals surface area contributed by atoms with Crippen LogP contribution >= 0.6 is 0 Å². The normalized spacial score (nSPS) is 12.5. The van der Waals surface area contributed by atoms with Crippen LogP contribution in [0.5, 0.6) is 0 Å². The summed E-state index contributed by atoms with van der Waals surface area (Å²) in [5.41, 5.74) is 27.0. The summed E-state index contributed by atoms with van der Waals surface area (Å²) >= 11 is 0. The molecular formula is C84H48N4. The van der Waals surface area contributed by atoms with Gasteiger partial charge in [-0.25, -0.2) is 0 Å². The molecule has 4 nitrogen and oxygen atoms in total. The molecule has 0 bridgehead atoms. The van der Waals surface area contributed by atoms with Crippen molar-refractivity contribution < 1.29 is 0 Å². The van der Waals surface area contributed by atoms with Gasteiger partial charge >= 0.3 is 0 Å². The molecule has 4 aromatic heterocycles. The zero-order chi connectivity index (χ0) is 57.0. The van der Waals surface area contributed by atoms with Crippen LogP contribution in [0.1, 0.15) is 0 Å². The second-order valence-corrected chi connectivity index (χ2v) is 24.3. The summed E-state index contributed by atoms with van der Waals surface area (Å²) in [5, 5.41) is 17.7. The summed E-state index contributed by atoms with van der Waals surface area (Å²) in [6.45, 7) is 0. The van der Waals surface area contributed by atoms with Crippen molar-refractivity contribution >= 4 is 120 Å². The number of aromatic nitrogens is 4. The van der Waals surface area contributed by atoms with E-state index in [2.05, 4.69) is 309 Å². The molecule has 0 aliphatic heterocycles. The lowest BCUT2D eigenvalue weighted by Gasteiger charge is -2.14. The largest absolute Gasteiger partial charge is 0.309 e. The number of hydrogen-bond donors (Lipinski definition) is 0. The van der Waals surface area contributed by atoms with E-state index in [1.165, 1.54) is 175 Å². The van der Waals surface area contributed by atoms with Gasteiger partial charge in [-0.05, 0) is 168 Å². The van der Waals surface area contributed by atoms with Crippen molar-refractivity contribution in [3.05, 3.63) is 291 Å². The summed E-state index contributed by atoms with van der Waals surface area (Å²) in [5.74, 6) is 0. The Bertz CT molecular complexity index is 6370. The van der Waals surface area contributed by atoms with E-state index in [4.69, 9.17) is 0 Å². The van der Waals surface area contributed by atoms with Crippen molar-refractivity contribution in [2.24, 2.45) is 0 Å². The van der Waals surface area contributed by atoms with Crippen LogP contribution in [0.3, 0.4) is 0 Å². The molecule has 88 heavy (non-hydrogen) atoms. The molecule has 0 saturated heterocycles. The third kappa shape index (κ3) is 6.03. The molecule has 19 aromatic rings. The lowest BCUT2D eigenvalue weighted by atomic mass is 9.97. The highest BCUT2D eigenvalue weighted by Gasteiger charge is 2.28. The van der Waals surface area contributed by atoms with Crippen LogP contribution in [0.25, 0.3) is 198 Å². The van der Waals surface area contributed by atoms with Crippen LogP contribution in [0.2, 0.25) is 0 Å². The van der Waals surface area contributed by atoms with E-state index in [-0.39, 0.29) is 0 Å². The highest BCUT2D eigenvalue weighted by molar-refractivity contribution is 6.30. The zero-order valence-electron chi connectivity index (χ0n) is 47.5. The van der Waals surface area contributed by atoms with Crippen LogP contribution < -0.4 is 0 Å². The van der Waals surface area contributed by atoms with Crippen molar-refractivity contribution in [2.75, 3.05) is 0 Å². The Kier molecular flexibility index (Phi) is 9.01. The first-order valence-electron chi connectivity index (χ1n) is 30.6. The summed E-state index contributed by atoms with van der Waals surface area (Å²) < 4.78 is 9.97. The molecule has 404 valence electrons. The molecular weight excluding hydrogens is 1060 g/mol.